The average molecular weight is 1180 g/mol. The number of pyridine rings is 2. The number of rotatable bonds is 17. The summed E-state index contributed by atoms with van der Waals surface area (Å²) in [5.74, 6) is 2.95. The minimum Gasteiger partial charge on any atom is -0.497 e. The molecule has 8 atom stereocenters. The van der Waals surface area contributed by atoms with E-state index in [4.69, 9.17) is 50.0 Å². The van der Waals surface area contributed by atoms with Crippen molar-refractivity contribution < 1.29 is 28.4 Å². The van der Waals surface area contributed by atoms with Crippen LogP contribution in [-0.4, -0.2) is 89.2 Å². The van der Waals surface area contributed by atoms with Gasteiger partial charge in [-0.15, -0.1) is 0 Å². The van der Waals surface area contributed by atoms with Crippen molar-refractivity contribution in [1.29, 1.82) is 0 Å². The molecule has 0 spiro atoms. The molecular formula is C69H77ClN10O6. The van der Waals surface area contributed by atoms with E-state index >= 15 is 0 Å². The molecule has 6 aromatic heterocycles. The summed E-state index contributed by atoms with van der Waals surface area (Å²) >= 11 is 6.35. The van der Waals surface area contributed by atoms with Crippen LogP contribution in [-0.2, 0) is 51.3 Å². The second kappa shape index (κ2) is 24.6. The number of aryl methyl sites for hydroxylation is 3. The van der Waals surface area contributed by atoms with Gasteiger partial charge in [-0.3, -0.25) is 0 Å². The SMILES string of the molecule is C.CCc1ncnc2c1ccn2[C@@H]1C[C@H](CCc2ccc3ccc(NCc4ccc(OC)cc4)nc3c2)[C@H]2OC(C)(C)O[C@H]21.COc1ccc(CNc2ccc3ccc(CC[C@H]4C[C@@H](n5ccc6c(Cl)ncnc65)[C@@H]5OC(C)(C)O[C@H]45)cc3n2)cc1. The molecule has 17 heteroatoms. The Morgan fingerprint density at radius 2 is 0.965 bits per heavy atom. The van der Waals surface area contributed by atoms with Crippen molar-refractivity contribution in [2.24, 2.45) is 11.8 Å². The minimum absolute atomic E-state index is 0. The molecule has 2 saturated heterocycles. The highest BCUT2D eigenvalue weighted by atomic mass is 35.5. The summed E-state index contributed by atoms with van der Waals surface area (Å²) in [6.45, 7) is 11.6. The minimum atomic E-state index is -0.621. The van der Waals surface area contributed by atoms with Gasteiger partial charge in [-0.25, -0.2) is 29.9 Å². The highest BCUT2D eigenvalue weighted by molar-refractivity contribution is 6.33. The molecule has 0 unspecified atom stereocenters. The number of nitrogens with one attached hydrogen (secondary N) is 2. The van der Waals surface area contributed by atoms with Crippen LogP contribution in [0.1, 0.15) is 108 Å². The van der Waals surface area contributed by atoms with E-state index in [0.29, 0.717) is 30.1 Å². The first-order valence-corrected chi connectivity index (χ1v) is 30.2. The van der Waals surface area contributed by atoms with Crippen LogP contribution in [0.4, 0.5) is 11.6 Å². The molecule has 4 aliphatic rings. The Hall–Kier alpha value is -7.73. The lowest BCUT2D eigenvalue weighted by Crippen LogP contribution is -2.27. The summed E-state index contributed by atoms with van der Waals surface area (Å²) in [5.41, 5.74) is 9.82. The van der Waals surface area contributed by atoms with Gasteiger partial charge in [0.2, 0.25) is 0 Å². The van der Waals surface area contributed by atoms with Crippen molar-refractivity contribution in [1.82, 2.24) is 39.0 Å². The van der Waals surface area contributed by atoms with Crippen LogP contribution in [0.2, 0.25) is 5.15 Å². The smallest absolute Gasteiger partial charge is 0.163 e. The molecule has 16 nitrogen and oxygen atoms in total. The van der Waals surface area contributed by atoms with Crippen molar-refractivity contribution in [3.8, 4) is 11.5 Å². The highest BCUT2D eigenvalue weighted by Crippen LogP contribution is 2.51. The molecule has 4 aromatic carbocycles. The van der Waals surface area contributed by atoms with Gasteiger partial charge in [0.15, 0.2) is 11.6 Å². The van der Waals surface area contributed by atoms with E-state index in [0.717, 1.165) is 118 Å². The number of anilines is 2. The molecule has 4 fully saturated rings. The van der Waals surface area contributed by atoms with Gasteiger partial charge in [-0.05, 0) is 180 Å². The highest BCUT2D eigenvalue weighted by Gasteiger charge is 2.55. The molecule has 0 radical (unpaired) electrons. The molecule has 2 aliphatic heterocycles. The number of methoxy groups -OCH3 is 2. The van der Waals surface area contributed by atoms with E-state index in [2.05, 4.69) is 138 Å². The topological polar surface area (TPSA) is 167 Å². The monoisotopic (exact) mass is 1180 g/mol. The van der Waals surface area contributed by atoms with Crippen molar-refractivity contribution in [2.75, 3.05) is 24.9 Å². The fraction of sp³-hybridized carbons (Fsp3) is 0.391. The Morgan fingerprint density at radius 1 is 0.535 bits per heavy atom. The summed E-state index contributed by atoms with van der Waals surface area (Å²) < 4.78 is 41.0. The van der Waals surface area contributed by atoms with Gasteiger partial charge in [-0.2, -0.15) is 0 Å². The fourth-order valence-corrected chi connectivity index (χ4v) is 13.6. The molecule has 2 saturated carbocycles. The average Bonchev–Trinajstić information content (AvgIpc) is 1.81. The second-order valence-electron chi connectivity index (χ2n) is 23.9. The van der Waals surface area contributed by atoms with Gasteiger partial charge in [-0.1, -0.05) is 74.5 Å². The van der Waals surface area contributed by atoms with Crippen LogP contribution in [0, 0.1) is 11.8 Å². The maximum absolute atomic E-state index is 6.53. The Morgan fingerprint density at radius 3 is 1.44 bits per heavy atom. The number of benzene rings is 4. The number of aromatic nitrogens is 8. The number of ether oxygens (including phenoxy) is 6. The standard InChI is InChI=1S/C35H39N5O3.C33H34ClN5O3.CH4/c1-5-28-27-16-17-40(34(27)38-21-37-28)30-19-25(32-33(30)43-35(2,3)42-32)11-7-22-6-10-24-12-15-31(39-29(24)18-22)36-20-23-8-13-26(41-4)14-9-23;1-33(2)41-29-23(17-27(30(29)42-33)39-15-14-25-31(34)36-19-37-32(25)39)9-5-20-4-8-22-10-13-28(38-26(22)16-20)35-18-21-6-11-24(40-3)12-7-21;/h6,8-10,12-18,21,25,30,32-33H,5,7,11,19-20H2,1-4H3,(H,36,39);4,6-8,10-16,19,23,27,29-30H,5,9,17-18H2,1-3H3,(H,35,38);1H4/t25-,30+,32+,33-;23-,27+,29+,30-;/m00./s1. The van der Waals surface area contributed by atoms with Crippen LogP contribution < -0.4 is 20.1 Å². The van der Waals surface area contributed by atoms with Crippen LogP contribution in [0.3, 0.4) is 0 Å². The zero-order valence-corrected chi connectivity index (χ0v) is 50.0. The lowest BCUT2D eigenvalue weighted by atomic mass is 9.95. The zero-order valence-electron chi connectivity index (χ0n) is 49.2. The molecule has 0 bridgehead atoms. The van der Waals surface area contributed by atoms with Crippen molar-refractivity contribution in [3.63, 3.8) is 0 Å². The van der Waals surface area contributed by atoms with Gasteiger partial charge in [0.1, 0.15) is 64.4 Å². The number of hydrogen-bond donors (Lipinski definition) is 2. The van der Waals surface area contributed by atoms with Crippen LogP contribution in [0.15, 0.2) is 146 Å². The number of hydrogen-bond acceptors (Lipinski definition) is 14. The predicted octanol–water partition coefficient (Wildman–Crippen LogP) is 14.5. The molecule has 10 aromatic rings. The van der Waals surface area contributed by atoms with Crippen LogP contribution >= 0.6 is 11.6 Å². The molecular weight excluding hydrogens is 1100 g/mol. The van der Waals surface area contributed by atoms with Gasteiger partial charge >= 0.3 is 0 Å². The van der Waals surface area contributed by atoms with E-state index in [1.54, 1.807) is 20.5 Å². The normalized spacial score (nSPS) is 22.6. The maximum atomic E-state index is 6.53. The number of halogens is 1. The van der Waals surface area contributed by atoms with E-state index < -0.39 is 11.6 Å². The van der Waals surface area contributed by atoms with Crippen molar-refractivity contribution >= 4 is 67.1 Å². The summed E-state index contributed by atoms with van der Waals surface area (Å²) in [6, 6.07) is 42.2. The van der Waals surface area contributed by atoms with Crippen LogP contribution in [0.25, 0.3) is 43.9 Å². The van der Waals surface area contributed by atoms with Gasteiger partial charge < -0.3 is 48.2 Å². The summed E-state index contributed by atoms with van der Waals surface area (Å²) in [5, 5.41) is 11.6. The first kappa shape index (κ1) is 58.6. The molecule has 446 valence electrons. The van der Waals surface area contributed by atoms with Crippen molar-refractivity contribution in [3.05, 3.63) is 179 Å². The van der Waals surface area contributed by atoms with Crippen LogP contribution in [0.5, 0.6) is 11.5 Å². The number of nitrogens with zero attached hydrogens (tertiary/aromatic N) is 8. The maximum Gasteiger partial charge on any atom is 0.163 e. The largest absolute Gasteiger partial charge is 0.497 e. The number of fused-ring (bicyclic) bond motifs is 6. The van der Waals surface area contributed by atoms with E-state index in [9.17, 15) is 0 Å². The van der Waals surface area contributed by atoms with Gasteiger partial charge in [0.05, 0.1) is 60.6 Å². The molecule has 0 amide bonds. The van der Waals surface area contributed by atoms with Crippen molar-refractivity contribution in [2.45, 2.75) is 148 Å². The zero-order chi connectivity index (χ0) is 58.4. The van der Waals surface area contributed by atoms with E-state index in [-0.39, 0.29) is 43.9 Å². The first-order chi connectivity index (χ1) is 41.3. The summed E-state index contributed by atoms with van der Waals surface area (Å²) in [7, 11) is 3.36. The Balaban J connectivity index is 0.000000166. The summed E-state index contributed by atoms with van der Waals surface area (Å²) in [4.78, 5) is 27.7. The predicted molar refractivity (Wildman–Crippen MR) is 339 cm³/mol. The quantitative estimate of drug-likeness (QED) is 0.0827. The molecule has 86 heavy (non-hydrogen) atoms. The Labute approximate surface area is 508 Å². The lowest BCUT2D eigenvalue weighted by Gasteiger charge is -2.24. The molecule has 14 rings (SSSR count). The Bertz CT molecular complexity index is 4000. The van der Waals surface area contributed by atoms with Gasteiger partial charge in [0, 0.05) is 41.6 Å². The van der Waals surface area contributed by atoms with Gasteiger partial charge in [0.25, 0.3) is 0 Å². The second-order valence-corrected chi connectivity index (χ2v) is 24.3. The Kier molecular flexibility index (Phi) is 16.8. The third-order valence-electron chi connectivity index (χ3n) is 17.6. The third-order valence-corrected chi connectivity index (χ3v) is 17.9. The first-order valence-electron chi connectivity index (χ1n) is 29.8. The third kappa shape index (κ3) is 12.2. The fourth-order valence-electron chi connectivity index (χ4n) is 13.4. The summed E-state index contributed by atoms with van der Waals surface area (Å²) in [6.07, 6.45) is 14.2. The molecule has 2 aliphatic carbocycles. The van der Waals surface area contributed by atoms with E-state index in [1.165, 1.54) is 28.6 Å². The molecule has 2 N–H and O–H groups in total. The molecule has 8 heterocycles. The van der Waals surface area contributed by atoms with E-state index in [1.807, 2.05) is 70.2 Å². The lowest BCUT2D eigenvalue weighted by molar-refractivity contribution is -0.160.